The summed E-state index contributed by atoms with van der Waals surface area (Å²) >= 11 is 0. The third-order valence-corrected chi connectivity index (χ3v) is 5.25. The van der Waals surface area contributed by atoms with Gasteiger partial charge >= 0.3 is 0 Å². The lowest BCUT2D eigenvalue weighted by Crippen LogP contribution is -1.92. The van der Waals surface area contributed by atoms with E-state index in [4.69, 9.17) is 16.8 Å². The van der Waals surface area contributed by atoms with Gasteiger partial charge in [-0.2, -0.15) is 0 Å². The minimum Gasteiger partial charge on any atom is -0.456 e. The molecule has 0 fully saturated rings. The van der Waals surface area contributed by atoms with E-state index in [0.717, 1.165) is 17.0 Å². The summed E-state index contributed by atoms with van der Waals surface area (Å²) in [6, 6.07) is 13.6. The SMILES string of the molecule is [2H]C([2H])([2H])c1cc2oc3ccc(-c4cc(C([2H])([2H])[2H])c(C([2H])([2H])[2H])cn4)c4c5ccccc5c(n1)c2c34. The van der Waals surface area contributed by atoms with Gasteiger partial charge in [0, 0.05) is 52.0 Å². The van der Waals surface area contributed by atoms with Crippen LogP contribution >= 0.6 is 0 Å². The molecule has 0 aliphatic carbocycles. The van der Waals surface area contributed by atoms with Gasteiger partial charge in [-0.3, -0.25) is 9.97 Å². The highest BCUT2D eigenvalue weighted by Gasteiger charge is 2.21. The van der Waals surface area contributed by atoms with E-state index >= 15 is 0 Å². The molecule has 0 saturated carbocycles. The highest BCUT2D eigenvalue weighted by molar-refractivity contribution is 6.34. The molecule has 0 spiro atoms. The van der Waals surface area contributed by atoms with E-state index in [9.17, 15) is 0 Å². The van der Waals surface area contributed by atoms with E-state index in [1.165, 1.54) is 12.1 Å². The maximum absolute atomic E-state index is 7.95. The molecule has 0 saturated heterocycles. The van der Waals surface area contributed by atoms with Crippen LogP contribution in [0.2, 0.25) is 0 Å². The van der Waals surface area contributed by atoms with Crippen LogP contribution in [0.5, 0.6) is 0 Å². The summed E-state index contributed by atoms with van der Waals surface area (Å²) in [7, 11) is 0. The Morgan fingerprint density at radius 3 is 2.57 bits per heavy atom. The molecule has 0 unspecified atom stereocenters. The normalized spacial score (nSPS) is 18.2. The van der Waals surface area contributed by atoms with Crippen molar-refractivity contribution in [3.8, 4) is 11.3 Å². The Labute approximate surface area is 174 Å². The quantitative estimate of drug-likeness (QED) is 0.301. The van der Waals surface area contributed by atoms with E-state index in [1.807, 2.05) is 24.3 Å². The summed E-state index contributed by atoms with van der Waals surface area (Å²) in [5.74, 6) is 0. The van der Waals surface area contributed by atoms with Crippen LogP contribution in [0.3, 0.4) is 0 Å². The molecule has 3 nitrogen and oxygen atoms in total. The number of aryl methyl sites for hydroxylation is 3. The second-order valence-electron chi connectivity index (χ2n) is 6.85. The molecule has 0 aliphatic rings. The van der Waals surface area contributed by atoms with Crippen molar-refractivity contribution in [2.75, 3.05) is 0 Å². The second kappa shape index (κ2) is 5.29. The molecule has 0 aliphatic heterocycles. The Balaban J connectivity index is 1.76. The number of nitrogens with zero attached hydrogens (tertiary/aromatic N) is 2. The topological polar surface area (TPSA) is 38.9 Å². The zero-order valence-corrected chi connectivity index (χ0v) is 14.5. The van der Waals surface area contributed by atoms with E-state index < -0.39 is 20.6 Å². The molecular weight excluding hydrogens is 344 g/mol. The van der Waals surface area contributed by atoms with Crippen LogP contribution in [0.25, 0.3) is 54.9 Å². The first-order valence-corrected chi connectivity index (χ1v) is 8.77. The third-order valence-electron chi connectivity index (χ3n) is 5.25. The average Bonchev–Trinajstić information content (AvgIpc) is 3.20. The van der Waals surface area contributed by atoms with Crippen LogP contribution in [0, 0.1) is 20.6 Å². The Morgan fingerprint density at radius 2 is 1.71 bits per heavy atom. The van der Waals surface area contributed by atoms with Gasteiger partial charge in [-0.1, -0.05) is 24.3 Å². The standard InChI is InChI=1S/C25H18N2O/c1-13-10-19(26-12-14(13)2)18-8-9-20-23-22(18)16-6-4-5-7-17(16)25-24(23)21(28-20)11-15(3)27-25/h4-12H,1-3H3/i1D3,2D3,3D3. The third kappa shape index (κ3) is 1.93. The predicted molar refractivity (Wildman–Crippen MR) is 115 cm³/mol. The van der Waals surface area contributed by atoms with E-state index in [-0.39, 0.29) is 16.8 Å². The van der Waals surface area contributed by atoms with Gasteiger partial charge in [0.1, 0.15) is 11.2 Å². The van der Waals surface area contributed by atoms with Gasteiger partial charge < -0.3 is 4.42 Å². The monoisotopic (exact) mass is 371 g/mol. The maximum atomic E-state index is 7.95. The van der Waals surface area contributed by atoms with Gasteiger partial charge in [-0.15, -0.1) is 0 Å². The zero-order valence-electron chi connectivity index (χ0n) is 23.5. The Hall–Kier alpha value is -3.46. The molecule has 0 atom stereocenters. The van der Waals surface area contributed by atoms with E-state index in [2.05, 4.69) is 9.97 Å². The molecule has 0 amide bonds. The number of rotatable bonds is 1. The van der Waals surface area contributed by atoms with Crippen molar-refractivity contribution >= 4 is 43.6 Å². The van der Waals surface area contributed by atoms with Crippen LogP contribution in [0.15, 0.2) is 59.1 Å². The second-order valence-corrected chi connectivity index (χ2v) is 6.85. The lowest BCUT2D eigenvalue weighted by Gasteiger charge is -2.12. The molecule has 0 bridgehead atoms. The lowest BCUT2D eigenvalue weighted by atomic mass is 9.92. The molecule has 0 radical (unpaired) electrons. The number of hydrogen-bond acceptors (Lipinski definition) is 3. The summed E-state index contributed by atoms with van der Waals surface area (Å²) in [6.45, 7) is -7.72. The number of aromatic nitrogens is 2. The smallest absolute Gasteiger partial charge is 0.139 e. The van der Waals surface area contributed by atoms with Crippen molar-refractivity contribution < 1.29 is 16.8 Å². The van der Waals surface area contributed by atoms with Crippen LogP contribution in [0.1, 0.15) is 29.2 Å². The minimum atomic E-state index is -2.66. The number of furan rings is 1. The summed E-state index contributed by atoms with van der Waals surface area (Å²) in [4.78, 5) is 8.89. The molecule has 6 aromatic rings. The number of hydrogen-bond donors (Lipinski definition) is 0. The van der Waals surface area contributed by atoms with E-state index in [1.54, 1.807) is 12.1 Å². The van der Waals surface area contributed by atoms with Gasteiger partial charge in [0.15, 0.2) is 0 Å². The maximum Gasteiger partial charge on any atom is 0.139 e. The largest absolute Gasteiger partial charge is 0.456 e. The molecule has 0 N–H and O–H groups in total. The lowest BCUT2D eigenvalue weighted by molar-refractivity contribution is 0.668. The molecule has 3 aromatic heterocycles. The summed E-state index contributed by atoms with van der Waals surface area (Å²) in [6.07, 6.45) is 1.11. The Morgan fingerprint density at radius 1 is 0.821 bits per heavy atom. The van der Waals surface area contributed by atoms with Crippen molar-refractivity contribution in [1.29, 1.82) is 0 Å². The summed E-state index contributed by atoms with van der Waals surface area (Å²) in [5, 5.41) is 3.56. The summed E-state index contributed by atoms with van der Waals surface area (Å²) in [5.41, 5.74) is 1.62. The van der Waals surface area contributed by atoms with Gasteiger partial charge in [-0.25, -0.2) is 0 Å². The fourth-order valence-corrected chi connectivity index (χ4v) is 4.08. The molecule has 3 aromatic carbocycles. The first-order chi connectivity index (χ1) is 17.2. The molecule has 28 heavy (non-hydrogen) atoms. The van der Waals surface area contributed by atoms with Crippen LogP contribution in [0.4, 0.5) is 0 Å². The Kier molecular flexibility index (Phi) is 1.73. The molecule has 6 rings (SSSR count). The molecule has 3 heterocycles. The fraction of sp³-hybridized carbons (Fsp3) is 0.120. The minimum absolute atomic E-state index is 0.0724. The van der Waals surface area contributed by atoms with Crippen molar-refractivity contribution in [2.24, 2.45) is 0 Å². The zero-order chi connectivity index (χ0) is 26.5. The Bertz CT molecular complexity index is 1850. The van der Waals surface area contributed by atoms with Crippen molar-refractivity contribution in [1.82, 2.24) is 9.97 Å². The van der Waals surface area contributed by atoms with Crippen molar-refractivity contribution in [3.05, 3.63) is 71.5 Å². The molecule has 3 heteroatoms. The predicted octanol–water partition coefficient (Wildman–Crippen LogP) is 6.71. The number of fused-ring (bicyclic) bond motifs is 3. The molecular formula is C25H18N2O. The van der Waals surface area contributed by atoms with Crippen molar-refractivity contribution in [3.63, 3.8) is 0 Å². The van der Waals surface area contributed by atoms with Gasteiger partial charge in [0.05, 0.1) is 16.6 Å². The highest BCUT2D eigenvalue weighted by atomic mass is 16.3. The first kappa shape index (κ1) is 9.16. The van der Waals surface area contributed by atoms with Gasteiger partial charge in [-0.05, 0) is 55.3 Å². The number of pyridine rings is 2. The van der Waals surface area contributed by atoms with Crippen LogP contribution in [-0.2, 0) is 0 Å². The van der Waals surface area contributed by atoms with Crippen LogP contribution in [-0.4, -0.2) is 9.97 Å². The van der Waals surface area contributed by atoms with Gasteiger partial charge in [0.25, 0.3) is 0 Å². The van der Waals surface area contributed by atoms with Crippen LogP contribution < -0.4 is 0 Å². The highest BCUT2D eigenvalue weighted by Crippen LogP contribution is 2.45. The number of benzene rings is 3. The fourth-order valence-electron chi connectivity index (χ4n) is 4.08. The van der Waals surface area contributed by atoms with Gasteiger partial charge in [0.2, 0.25) is 0 Å². The first-order valence-electron chi connectivity index (χ1n) is 13.3. The molecule has 134 valence electrons. The summed E-state index contributed by atoms with van der Waals surface area (Å²) < 4.78 is 76.8. The van der Waals surface area contributed by atoms with E-state index in [0.29, 0.717) is 44.1 Å². The average molecular weight is 371 g/mol. The van der Waals surface area contributed by atoms with Crippen molar-refractivity contribution in [2.45, 2.75) is 20.6 Å².